The van der Waals surface area contributed by atoms with Crippen LogP contribution in [-0.4, -0.2) is 23.3 Å². The van der Waals surface area contributed by atoms with E-state index in [1.807, 2.05) is 60.7 Å². The predicted molar refractivity (Wildman–Crippen MR) is 112 cm³/mol. The molecule has 0 fully saturated rings. The number of aliphatic carboxylic acids is 1. The van der Waals surface area contributed by atoms with Gasteiger partial charge in [0.1, 0.15) is 6.29 Å². The van der Waals surface area contributed by atoms with E-state index < -0.39 is 11.4 Å². The first-order valence-electron chi connectivity index (χ1n) is 9.15. The van der Waals surface area contributed by atoms with Crippen LogP contribution in [0.2, 0.25) is 0 Å². The van der Waals surface area contributed by atoms with Gasteiger partial charge in [-0.15, -0.1) is 0 Å². The molecule has 0 radical (unpaired) electrons. The third-order valence-corrected chi connectivity index (χ3v) is 4.37. The Morgan fingerprint density at radius 2 is 1.69 bits per heavy atom. The van der Waals surface area contributed by atoms with Gasteiger partial charge >= 0.3 is 5.97 Å². The Labute approximate surface area is 169 Å². The fraction of sp³-hybridized carbons (Fsp3) is 0.174. The highest BCUT2D eigenvalue weighted by Crippen LogP contribution is 2.31. The fourth-order valence-electron chi connectivity index (χ4n) is 2.70. The van der Waals surface area contributed by atoms with Crippen molar-refractivity contribution in [2.75, 3.05) is 5.43 Å². The van der Waals surface area contributed by atoms with Crippen molar-refractivity contribution in [2.24, 2.45) is 5.41 Å². The number of allylic oxidation sites excluding steroid dienone is 2. The van der Waals surface area contributed by atoms with Crippen LogP contribution >= 0.6 is 0 Å². The molecular formula is C23H24N2O4. The molecule has 0 spiro atoms. The largest absolute Gasteiger partial charge is 0.478 e. The monoisotopic (exact) mass is 392 g/mol. The molecule has 0 saturated heterocycles. The van der Waals surface area contributed by atoms with E-state index in [4.69, 9.17) is 5.11 Å². The Kier molecular flexibility index (Phi) is 7.91. The summed E-state index contributed by atoms with van der Waals surface area (Å²) in [5.74, 6) is -1.27. The quantitative estimate of drug-likeness (QED) is 0.516. The lowest BCUT2D eigenvalue weighted by Gasteiger charge is -2.27. The number of benzene rings is 2. The molecule has 150 valence electrons. The lowest BCUT2D eigenvalue weighted by atomic mass is 9.79. The molecule has 0 aliphatic heterocycles. The van der Waals surface area contributed by atoms with Gasteiger partial charge in [0, 0.05) is 12.0 Å². The Balaban J connectivity index is 0.000000278. The summed E-state index contributed by atoms with van der Waals surface area (Å²) in [6.45, 7) is 1.71. The first-order chi connectivity index (χ1) is 13.9. The van der Waals surface area contributed by atoms with Crippen LogP contribution in [0.3, 0.4) is 0 Å². The van der Waals surface area contributed by atoms with Crippen molar-refractivity contribution in [3.63, 3.8) is 0 Å². The van der Waals surface area contributed by atoms with E-state index in [2.05, 4.69) is 10.9 Å². The van der Waals surface area contributed by atoms with E-state index in [9.17, 15) is 14.4 Å². The zero-order valence-corrected chi connectivity index (χ0v) is 16.2. The van der Waals surface area contributed by atoms with Gasteiger partial charge in [0.15, 0.2) is 0 Å². The van der Waals surface area contributed by atoms with Crippen molar-refractivity contribution in [1.82, 2.24) is 5.43 Å². The highest BCUT2D eigenvalue weighted by molar-refractivity contribution is 5.92. The zero-order valence-electron chi connectivity index (χ0n) is 16.2. The number of carbonyl (C=O) groups excluding carboxylic acids is 2. The molecule has 0 saturated carbocycles. The van der Waals surface area contributed by atoms with Gasteiger partial charge in [-0.1, -0.05) is 66.8 Å². The number of amides is 1. The van der Waals surface area contributed by atoms with Crippen LogP contribution in [0.4, 0.5) is 5.69 Å². The number of carboxylic acids is 1. The van der Waals surface area contributed by atoms with E-state index in [-0.39, 0.29) is 17.9 Å². The summed E-state index contributed by atoms with van der Waals surface area (Å²) in [7, 11) is 0. The minimum absolute atomic E-state index is 0.168. The van der Waals surface area contributed by atoms with Crippen LogP contribution in [0, 0.1) is 5.41 Å². The molecule has 6 heteroatoms. The second kappa shape index (κ2) is 10.6. The van der Waals surface area contributed by atoms with Crippen molar-refractivity contribution >= 4 is 23.9 Å². The van der Waals surface area contributed by atoms with Gasteiger partial charge in [0.25, 0.3) is 0 Å². The molecule has 0 heterocycles. The summed E-state index contributed by atoms with van der Waals surface area (Å²) in [4.78, 5) is 33.2. The highest BCUT2D eigenvalue weighted by atomic mass is 16.4. The van der Waals surface area contributed by atoms with E-state index in [1.54, 1.807) is 19.1 Å². The van der Waals surface area contributed by atoms with E-state index in [0.29, 0.717) is 6.42 Å². The van der Waals surface area contributed by atoms with E-state index in [1.165, 1.54) is 6.08 Å². The van der Waals surface area contributed by atoms with Crippen LogP contribution in [0.5, 0.6) is 0 Å². The van der Waals surface area contributed by atoms with Gasteiger partial charge in [-0.2, -0.15) is 0 Å². The molecule has 1 atom stereocenters. The summed E-state index contributed by atoms with van der Waals surface area (Å²) in [6.07, 6.45) is 6.44. The Morgan fingerprint density at radius 3 is 2.28 bits per heavy atom. The Hall–Kier alpha value is -3.67. The highest BCUT2D eigenvalue weighted by Gasteiger charge is 2.34. The maximum Gasteiger partial charge on any atom is 0.331 e. The van der Waals surface area contributed by atoms with Crippen LogP contribution < -0.4 is 10.9 Å². The second-order valence-corrected chi connectivity index (χ2v) is 6.75. The predicted octanol–water partition coefficient (Wildman–Crippen LogP) is 3.53. The molecule has 3 rings (SSSR count). The molecule has 29 heavy (non-hydrogen) atoms. The SMILES string of the molecule is CC1(C(=O)NNc2ccccc2)C=CC=C(C(=O)O)C1.O=CCc1ccccc1. The van der Waals surface area contributed by atoms with Crippen molar-refractivity contribution in [1.29, 1.82) is 0 Å². The maximum absolute atomic E-state index is 12.2. The lowest BCUT2D eigenvalue weighted by Crippen LogP contribution is -2.42. The number of rotatable bonds is 6. The van der Waals surface area contributed by atoms with Crippen molar-refractivity contribution in [3.8, 4) is 0 Å². The molecule has 2 aromatic rings. The van der Waals surface area contributed by atoms with E-state index in [0.717, 1.165) is 17.5 Å². The van der Waals surface area contributed by atoms with Crippen LogP contribution in [0.25, 0.3) is 0 Å². The summed E-state index contributed by atoms with van der Waals surface area (Å²) in [6, 6.07) is 18.9. The van der Waals surface area contributed by atoms with Crippen LogP contribution in [0.15, 0.2) is 84.5 Å². The lowest BCUT2D eigenvalue weighted by molar-refractivity contribution is -0.133. The Morgan fingerprint density at radius 1 is 1.07 bits per heavy atom. The standard InChI is InChI=1S/C15H16N2O3.C8H8O/c1-15(9-5-6-11(10-15)13(18)19)14(20)17-16-12-7-3-2-4-8-12;9-7-6-8-4-2-1-3-5-8/h2-9,16H,10H2,1H3,(H,17,20)(H,18,19);1-5,7H,6H2. The van der Waals surface area contributed by atoms with Crippen LogP contribution in [0.1, 0.15) is 18.9 Å². The summed E-state index contributed by atoms with van der Waals surface area (Å²) in [5, 5.41) is 9.01. The normalized spacial score (nSPS) is 17.2. The number of para-hydroxylation sites is 1. The number of carboxylic acid groups (broad SMARTS) is 1. The minimum atomic E-state index is -0.996. The van der Waals surface area contributed by atoms with Gasteiger partial charge in [0.05, 0.1) is 11.1 Å². The number of nitrogens with one attached hydrogen (secondary N) is 2. The van der Waals surface area contributed by atoms with Gasteiger partial charge in [-0.3, -0.25) is 15.6 Å². The molecule has 1 aliphatic carbocycles. The zero-order chi connectivity index (χ0) is 21.1. The van der Waals surface area contributed by atoms with Gasteiger partial charge in [-0.25, -0.2) is 4.79 Å². The fourth-order valence-corrected chi connectivity index (χ4v) is 2.70. The van der Waals surface area contributed by atoms with Gasteiger partial charge < -0.3 is 9.90 Å². The third-order valence-electron chi connectivity index (χ3n) is 4.37. The molecule has 0 bridgehead atoms. The number of hydrogen-bond donors (Lipinski definition) is 3. The van der Waals surface area contributed by atoms with E-state index >= 15 is 0 Å². The number of carbonyl (C=O) groups is 3. The number of anilines is 1. The summed E-state index contributed by atoms with van der Waals surface area (Å²) < 4.78 is 0. The molecule has 0 aromatic heterocycles. The van der Waals surface area contributed by atoms with Crippen molar-refractivity contribution in [3.05, 3.63) is 90.0 Å². The van der Waals surface area contributed by atoms with Crippen LogP contribution in [-0.2, 0) is 20.8 Å². The third kappa shape index (κ3) is 6.77. The summed E-state index contributed by atoms with van der Waals surface area (Å²) >= 11 is 0. The van der Waals surface area contributed by atoms with Crippen molar-refractivity contribution < 1.29 is 19.5 Å². The smallest absolute Gasteiger partial charge is 0.331 e. The maximum atomic E-state index is 12.2. The average Bonchev–Trinajstić information content (AvgIpc) is 2.74. The molecule has 1 unspecified atom stereocenters. The Bertz CT molecular complexity index is 892. The first kappa shape index (κ1) is 21.6. The summed E-state index contributed by atoms with van der Waals surface area (Å²) in [5.41, 5.74) is 6.61. The average molecular weight is 392 g/mol. The number of hydrogen-bond acceptors (Lipinski definition) is 4. The van der Waals surface area contributed by atoms with Crippen molar-refractivity contribution in [2.45, 2.75) is 19.8 Å². The molecule has 1 aliphatic rings. The number of hydrazine groups is 1. The first-order valence-corrected chi connectivity index (χ1v) is 9.15. The number of aldehydes is 1. The molecular weight excluding hydrogens is 368 g/mol. The second-order valence-electron chi connectivity index (χ2n) is 6.75. The van der Waals surface area contributed by atoms with Gasteiger partial charge in [-0.05, 0) is 31.0 Å². The molecule has 2 aromatic carbocycles. The molecule has 3 N–H and O–H groups in total. The molecule has 6 nitrogen and oxygen atoms in total. The van der Waals surface area contributed by atoms with Gasteiger partial charge in [0.2, 0.25) is 5.91 Å². The minimum Gasteiger partial charge on any atom is -0.478 e. The molecule has 1 amide bonds. The topological polar surface area (TPSA) is 95.5 Å².